The molecule has 0 radical (unpaired) electrons. The lowest BCUT2D eigenvalue weighted by molar-refractivity contribution is 1.49. The molecule has 1 aromatic heterocycles. The Hall–Kier alpha value is -1.08. The number of hydrogen-bond acceptors (Lipinski definition) is 1. The molecule has 0 amide bonds. The van der Waals surface area contributed by atoms with Gasteiger partial charge >= 0.3 is 0 Å². The maximum Gasteiger partial charge on any atom is 0.0276 e. The second-order valence-electron chi connectivity index (χ2n) is 2.81. The first kappa shape index (κ1) is 10.0. The summed E-state index contributed by atoms with van der Waals surface area (Å²) < 4.78 is 0. The van der Waals surface area contributed by atoms with E-state index in [2.05, 4.69) is 43.9 Å². The highest BCUT2D eigenvalue weighted by Gasteiger charge is 1.91. The Kier molecular flexibility index (Phi) is 3.71. The van der Waals surface area contributed by atoms with Crippen LogP contribution in [0.3, 0.4) is 0 Å². The zero-order chi connectivity index (χ0) is 9.68. The summed E-state index contributed by atoms with van der Waals surface area (Å²) in [5.41, 5.74) is 1.29. The minimum atomic E-state index is 1.22. The molecule has 0 unspecified atom stereocenters. The van der Waals surface area contributed by atoms with Crippen molar-refractivity contribution in [3.8, 4) is 0 Å². The Morgan fingerprint density at radius 1 is 1.38 bits per heavy atom. The predicted molar refractivity (Wildman–Crippen MR) is 62.9 cm³/mol. The Labute approximate surface area is 83.9 Å². The van der Waals surface area contributed by atoms with Crippen molar-refractivity contribution in [1.82, 2.24) is 0 Å². The summed E-state index contributed by atoms with van der Waals surface area (Å²) in [7, 11) is 0. The van der Waals surface area contributed by atoms with Crippen molar-refractivity contribution in [1.29, 1.82) is 0 Å². The standard InChI is InChI=1S/C12H14S/c1-4-10(3)6-7-12-9-8-11(5-2)13-12/h4-9H,2H2,1,3H3/b7-6-,10-4-. The van der Waals surface area contributed by atoms with Crippen molar-refractivity contribution < 1.29 is 0 Å². The van der Waals surface area contributed by atoms with E-state index in [-0.39, 0.29) is 0 Å². The van der Waals surface area contributed by atoms with Gasteiger partial charge in [-0.15, -0.1) is 11.3 Å². The van der Waals surface area contributed by atoms with E-state index in [0.29, 0.717) is 0 Å². The van der Waals surface area contributed by atoms with Crippen LogP contribution >= 0.6 is 11.3 Å². The SMILES string of the molecule is C=Cc1ccc(/C=C\C(C)=C/C)s1. The van der Waals surface area contributed by atoms with Gasteiger partial charge in [-0.2, -0.15) is 0 Å². The molecule has 0 saturated carbocycles. The van der Waals surface area contributed by atoms with E-state index in [1.54, 1.807) is 11.3 Å². The Morgan fingerprint density at radius 2 is 2.08 bits per heavy atom. The zero-order valence-electron chi connectivity index (χ0n) is 8.08. The van der Waals surface area contributed by atoms with Gasteiger partial charge in [0.05, 0.1) is 0 Å². The van der Waals surface area contributed by atoms with Gasteiger partial charge in [-0.3, -0.25) is 0 Å². The highest BCUT2D eigenvalue weighted by Crippen LogP contribution is 2.19. The van der Waals surface area contributed by atoms with E-state index in [4.69, 9.17) is 0 Å². The Balaban J connectivity index is 2.74. The van der Waals surface area contributed by atoms with Crippen LogP contribution in [0.5, 0.6) is 0 Å². The average molecular weight is 190 g/mol. The van der Waals surface area contributed by atoms with E-state index in [1.165, 1.54) is 15.3 Å². The van der Waals surface area contributed by atoms with Crippen molar-refractivity contribution in [3.63, 3.8) is 0 Å². The van der Waals surface area contributed by atoms with Gasteiger partial charge in [0.15, 0.2) is 0 Å². The third kappa shape index (κ3) is 3.03. The lowest BCUT2D eigenvalue weighted by atomic mass is 10.2. The van der Waals surface area contributed by atoms with Gasteiger partial charge in [0.2, 0.25) is 0 Å². The molecule has 0 aromatic carbocycles. The topological polar surface area (TPSA) is 0 Å². The molecule has 0 nitrogen and oxygen atoms in total. The van der Waals surface area contributed by atoms with Crippen LogP contribution in [0.1, 0.15) is 23.6 Å². The van der Waals surface area contributed by atoms with Crippen molar-refractivity contribution in [2.24, 2.45) is 0 Å². The molecule has 0 aliphatic rings. The average Bonchev–Trinajstić information content (AvgIpc) is 2.61. The molecule has 0 aliphatic carbocycles. The molecule has 0 spiro atoms. The number of thiophene rings is 1. The van der Waals surface area contributed by atoms with Crippen LogP contribution in [0.2, 0.25) is 0 Å². The molecule has 1 rings (SSSR count). The molecule has 68 valence electrons. The second-order valence-corrected chi connectivity index (χ2v) is 3.96. The van der Waals surface area contributed by atoms with Crippen LogP contribution in [0, 0.1) is 0 Å². The highest BCUT2D eigenvalue weighted by molar-refractivity contribution is 7.13. The smallest absolute Gasteiger partial charge is 0.0276 e. The summed E-state index contributed by atoms with van der Waals surface area (Å²) in [5.74, 6) is 0. The van der Waals surface area contributed by atoms with Gasteiger partial charge in [-0.05, 0) is 32.1 Å². The van der Waals surface area contributed by atoms with E-state index in [1.807, 2.05) is 13.0 Å². The maximum atomic E-state index is 3.73. The van der Waals surface area contributed by atoms with Crippen LogP contribution in [0.25, 0.3) is 12.2 Å². The van der Waals surface area contributed by atoms with E-state index >= 15 is 0 Å². The molecular formula is C12H14S. The van der Waals surface area contributed by atoms with E-state index in [9.17, 15) is 0 Å². The molecule has 0 N–H and O–H groups in total. The molecule has 0 aliphatic heterocycles. The summed E-state index contributed by atoms with van der Waals surface area (Å²) in [4.78, 5) is 2.49. The third-order valence-corrected chi connectivity index (χ3v) is 2.86. The minimum absolute atomic E-state index is 1.22. The zero-order valence-corrected chi connectivity index (χ0v) is 8.90. The van der Waals surface area contributed by atoms with Gasteiger partial charge in [-0.1, -0.05) is 30.4 Å². The molecular weight excluding hydrogens is 176 g/mol. The lowest BCUT2D eigenvalue weighted by Gasteiger charge is -1.86. The number of hydrogen-bond donors (Lipinski definition) is 0. The third-order valence-electron chi connectivity index (χ3n) is 1.81. The molecule has 1 heteroatoms. The number of rotatable bonds is 3. The predicted octanol–water partition coefficient (Wildman–Crippen LogP) is 4.37. The maximum absolute atomic E-state index is 3.73. The molecule has 0 fully saturated rings. The fraction of sp³-hybridized carbons (Fsp3) is 0.167. The Bertz CT molecular complexity index is 340. The summed E-state index contributed by atoms with van der Waals surface area (Å²) in [6, 6.07) is 4.20. The first-order valence-electron chi connectivity index (χ1n) is 4.29. The van der Waals surface area contributed by atoms with Crippen LogP contribution in [-0.4, -0.2) is 0 Å². The summed E-state index contributed by atoms with van der Waals surface area (Å²) in [6.45, 7) is 7.87. The molecule has 1 heterocycles. The van der Waals surface area contributed by atoms with Crippen LogP contribution in [0.15, 0.2) is 36.4 Å². The first-order valence-corrected chi connectivity index (χ1v) is 5.11. The second kappa shape index (κ2) is 4.83. The van der Waals surface area contributed by atoms with Crippen molar-refractivity contribution >= 4 is 23.5 Å². The summed E-state index contributed by atoms with van der Waals surface area (Å²) in [6.07, 6.45) is 8.23. The van der Waals surface area contributed by atoms with E-state index < -0.39 is 0 Å². The molecule has 13 heavy (non-hydrogen) atoms. The van der Waals surface area contributed by atoms with Crippen LogP contribution in [-0.2, 0) is 0 Å². The monoisotopic (exact) mass is 190 g/mol. The van der Waals surface area contributed by atoms with E-state index in [0.717, 1.165) is 0 Å². The number of allylic oxidation sites excluding steroid dienone is 3. The van der Waals surface area contributed by atoms with Crippen molar-refractivity contribution in [2.45, 2.75) is 13.8 Å². The van der Waals surface area contributed by atoms with Gasteiger partial charge in [0.25, 0.3) is 0 Å². The molecule has 0 bridgehead atoms. The summed E-state index contributed by atoms with van der Waals surface area (Å²) >= 11 is 1.75. The summed E-state index contributed by atoms with van der Waals surface area (Å²) in [5, 5.41) is 0. The quantitative estimate of drug-likeness (QED) is 0.621. The normalized spacial score (nSPS) is 12.3. The molecule has 0 atom stereocenters. The minimum Gasteiger partial charge on any atom is -0.137 e. The molecule has 1 aromatic rings. The largest absolute Gasteiger partial charge is 0.137 e. The first-order chi connectivity index (χ1) is 6.26. The van der Waals surface area contributed by atoms with Gasteiger partial charge < -0.3 is 0 Å². The van der Waals surface area contributed by atoms with Crippen molar-refractivity contribution in [2.75, 3.05) is 0 Å². The van der Waals surface area contributed by atoms with Crippen LogP contribution in [0.4, 0.5) is 0 Å². The van der Waals surface area contributed by atoms with Gasteiger partial charge in [-0.25, -0.2) is 0 Å². The fourth-order valence-corrected chi connectivity index (χ4v) is 1.64. The van der Waals surface area contributed by atoms with Crippen LogP contribution < -0.4 is 0 Å². The fourth-order valence-electron chi connectivity index (χ4n) is 0.877. The molecule has 0 saturated heterocycles. The highest BCUT2D eigenvalue weighted by atomic mass is 32.1. The van der Waals surface area contributed by atoms with Crippen molar-refractivity contribution in [3.05, 3.63) is 46.2 Å². The lowest BCUT2D eigenvalue weighted by Crippen LogP contribution is -1.63. The van der Waals surface area contributed by atoms with Gasteiger partial charge in [0.1, 0.15) is 0 Å². The Morgan fingerprint density at radius 3 is 2.62 bits per heavy atom. The van der Waals surface area contributed by atoms with Gasteiger partial charge in [0, 0.05) is 9.75 Å².